The number of nitrogens with zero attached hydrogens (tertiary/aromatic N) is 2. The Hall–Kier alpha value is -2.50. The topological polar surface area (TPSA) is 56.1 Å². The zero-order valence-corrected chi connectivity index (χ0v) is 16.7. The summed E-state index contributed by atoms with van der Waals surface area (Å²) in [5.74, 6) is 0.266. The molecule has 1 aromatic heterocycles. The van der Waals surface area contributed by atoms with Crippen LogP contribution < -0.4 is 10.1 Å². The summed E-state index contributed by atoms with van der Waals surface area (Å²) in [4.78, 5) is 12.9. The van der Waals surface area contributed by atoms with Gasteiger partial charge in [0.2, 0.25) is 0 Å². The highest BCUT2D eigenvalue weighted by Crippen LogP contribution is 2.29. The molecule has 0 saturated carbocycles. The number of hydrogen-bond acceptors (Lipinski definition) is 3. The molecule has 140 valence electrons. The van der Waals surface area contributed by atoms with Crippen molar-refractivity contribution in [2.24, 2.45) is 0 Å². The number of halogens is 2. The van der Waals surface area contributed by atoms with E-state index in [0.717, 1.165) is 11.3 Å². The van der Waals surface area contributed by atoms with Crippen molar-refractivity contribution in [2.45, 2.75) is 20.4 Å². The van der Waals surface area contributed by atoms with Gasteiger partial charge in [-0.25, -0.2) is 0 Å². The zero-order valence-electron chi connectivity index (χ0n) is 15.2. The third-order valence-corrected chi connectivity index (χ3v) is 4.90. The largest absolute Gasteiger partial charge is 0.495 e. The number of nitrogens with one attached hydrogen (secondary N) is 1. The average molecular weight is 404 g/mol. The number of benzene rings is 2. The monoisotopic (exact) mass is 403 g/mol. The van der Waals surface area contributed by atoms with Gasteiger partial charge in [0, 0.05) is 15.7 Å². The first-order valence-electron chi connectivity index (χ1n) is 8.33. The van der Waals surface area contributed by atoms with Gasteiger partial charge in [-0.1, -0.05) is 41.4 Å². The minimum absolute atomic E-state index is 0.268. The van der Waals surface area contributed by atoms with Crippen LogP contribution in [0.2, 0.25) is 10.0 Å². The lowest BCUT2D eigenvalue weighted by Gasteiger charge is -2.11. The third kappa shape index (κ3) is 4.10. The summed E-state index contributed by atoms with van der Waals surface area (Å²) >= 11 is 12.3. The Labute approximate surface area is 167 Å². The molecule has 0 aliphatic heterocycles. The molecule has 2 aromatic carbocycles. The number of aryl methyl sites for hydroxylation is 1. The molecule has 0 radical (unpaired) electrons. The van der Waals surface area contributed by atoms with Crippen molar-refractivity contribution in [3.8, 4) is 5.75 Å². The maximum atomic E-state index is 12.9. The second-order valence-electron chi connectivity index (χ2n) is 6.09. The van der Waals surface area contributed by atoms with E-state index >= 15 is 0 Å². The van der Waals surface area contributed by atoms with Crippen LogP contribution in [0.25, 0.3) is 0 Å². The maximum Gasteiger partial charge on any atom is 0.259 e. The van der Waals surface area contributed by atoms with Gasteiger partial charge in [0.05, 0.1) is 30.6 Å². The van der Waals surface area contributed by atoms with E-state index in [-0.39, 0.29) is 5.91 Å². The number of hydrogen-bond donors (Lipinski definition) is 1. The number of methoxy groups -OCH3 is 1. The van der Waals surface area contributed by atoms with E-state index < -0.39 is 0 Å². The summed E-state index contributed by atoms with van der Waals surface area (Å²) in [5, 5.41) is 8.55. The number of rotatable bonds is 5. The fourth-order valence-electron chi connectivity index (χ4n) is 2.93. The number of anilines is 1. The molecule has 0 bridgehead atoms. The normalized spacial score (nSPS) is 10.7. The van der Waals surface area contributed by atoms with E-state index in [2.05, 4.69) is 10.4 Å². The van der Waals surface area contributed by atoms with E-state index in [4.69, 9.17) is 27.9 Å². The van der Waals surface area contributed by atoms with Crippen molar-refractivity contribution in [1.29, 1.82) is 0 Å². The summed E-state index contributed by atoms with van der Waals surface area (Å²) in [6, 6.07) is 12.6. The van der Waals surface area contributed by atoms with Crippen LogP contribution in [0.1, 0.15) is 27.3 Å². The van der Waals surface area contributed by atoms with Crippen LogP contribution >= 0.6 is 23.2 Å². The lowest BCUT2D eigenvalue weighted by Crippen LogP contribution is -2.15. The van der Waals surface area contributed by atoms with Gasteiger partial charge in [0.25, 0.3) is 5.91 Å². The quantitative estimate of drug-likeness (QED) is 0.643. The minimum atomic E-state index is -0.268. The van der Waals surface area contributed by atoms with Crippen LogP contribution in [0.5, 0.6) is 5.75 Å². The van der Waals surface area contributed by atoms with Crippen LogP contribution in [0.15, 0.2) is 42.5 Å². The molecule has 0 aliphatic carbocycles. The van der Waals surface area contributed by atoms with Gasteiger partial charge in [-0.15, -0.1) is 0 Å². The summed E-state index contributed by atoms with van der Waals surface area (Å²) in [5.41, 5.74) is 3.36. The van der Waals surface area contributed by atoms with Crippen molar-refractivity contribution in [3.05, 3.63) is 75.0 Å². The number of carbonyl (C=O) groups excluding carboxylic acids is 1. The van der Waals surface area contributed by atoms with Crippen LogP contribution in [0.3, 0.4) is 0 Å². The Kier molecular flexibility index (Phi) is 5.73. The second kappa shape index (κ2) is 8.03. The molecule has 1 amide bonds. The van der Waals surface area contributed by atoms with Gasteiger partial charge >= 0.3 is 0 Å². The van der Waals surface area contributed by atoms with Crippen LogP contribution in [0.4, 0.5) is 5.69 Å². The molecule has 3 aromatic rings. The highest BCUT2D eigenvalue weighted by Gasteiger charge is 2.20. The van der Waals surface area contributed by atoms with Gasteiger partial charge in [0.15, 0.2) is 0 Å². The summed E-state index contributed by atoms with van der Waals surface area (Å²) in [6.45, 7) is 4.15. The maximum absolute atomic E-state index is 12.9. The molecule has 7 heteroatoms. The van der Waals surface area contributed by atoms with Crippen molar-refractivity contribution in [2.75, 3.05) is 12.4 Å². The minimum Gasteiger partial charge on any atom is -0.495 e. The highest BCUT2D eigenvalue weighted by molar-refractivity contribution is 6.31. The second-order valence-corrected chi connectivity index (χ2v) is 6.94. The fourth-order valence-corrected chi connectivity index (χ4v) is 3.30. The van der Waals surface area contributed by atoms with Crippen molar-refractivity contribution < 1.29 is 9.53 Å². The van der Waals surface area contributed by atoms with Crippen molar-refractivity contribution >= 4 is 34.8 Å². The lowest BCUT2D eigenvalue weighted by atomic mass is 10.1. The number of aromatic nitrogens is 2. The van der Waals surface area contributed by atoms with Gasteiger partial charge in [-0.3, -0.25) is 9.48 Å². The van der Waals surface area contributed by atoms with Gasteiger partial charge < -0.3 is 10.1 Å². The first kappa shape index (κ1) is 19.3. The summed E-state index contributed by atoms with van der Waals surface area (Å²) in [6.07, 6.45) is 0. The van der Waals surface area contributed by atoms with Gasteiger partial charge in [-0.05, 0) is 43.7 Å². The number of amides is 1. The average Bonchev–Trinajstić information content (AvgIpc) is 2.90. The molecular formula is C20H19Cl2N3O2. The molecule has 1 N–H and O–H groups in total. The molecule has 0 saturated heterocycles. The van der Waals surface area contributed by atoms with Crippen LogP contribution in [-0.2, 0) is 6.54 Å². The highest BCUT2D eigenvalue weighted by atomic mass is 35.5. The van der Waals surface area contributed by atoms with E-state index in [9.17, 15) is 4.79 Å². The van der Waals surface area contributed by atoms with Crippen molar-refractivity contribution in [3.63, 3.8) is 0 Å². The van der Waals surface area contributed by atoms with E-state index in [1.165, 1.54) is 7.11 Å². The zero-order chi connectivity index (χ0) is 19.6. The molecule has 0 spiro atoms. The van der Waals surface area contributed by atoms with E-state index in [0.29, 0.717) is 39.3 Å². The van der Waals surface area contributed by atoms with E-state index in [1.54, 1.807) is 29.8 Å². The van der Waals surface area contributed by atoms with Crippen molar-refractivity contribution in [1.82, 2.24) is 9.78 Å². The molecule has 1 heterocycles. The predicted octanol–water partition coefficient (Wildman–Crippen LogP) is 5.12. The molecule has 0 aliphatic rings. The molecule has 3 rings (SSSR count). The Morgan fingerprint density at radius 3 is 2.63 bits per heavy atom. The number of ether oxygens (including phenoxy) is 1. The molecule has 0 atom stereocenters. The Bertz CT molecular complexity index is 999. The van der Waals surface area contributed by atoms with Gasteiger partial charge in [-0.2, -0.15) is 5.10 Å². The fraction of sp³-hybridized carbons (Fsp3) is 0.200. The van der Waals surface area contributed by atoms with E-state index in [1.807, 2.05) is 31.2 Å². The molecule has 27 heavy (non-hydrogen) atoms. The first-order chi connectivity index (χ1) is 12.9. The Morgan fingerprint density at radius 1 is 1.19 bits per heavy atom. The summed E-state index contributed by atoms with van der Waals surface area (Å²) in [7, 11) is 1.54. The predicted molar refractivity (Wildman–Crippen MR) is 108 cm³/mol. The third-order valence-electron chi connectivity index (χ3n) is 4.30. The van der Waals surface area contributed by atoms with Gasteiger partial charge in [0.1, 0.15) is 5.75 Å². The lowest BCUT2D eigenvalue weighted by molar-refractivity contribution is 0.102. The molecule has 5 nitrogen and oxygen atoms in total. The molecule has 0 unspecified atom stereocenters. The number of carbonyl (C=O) groups is 1. The Balaban J connectivity index is 1.89. The van der Waals surface area contributed by atoms with Crippen LogP contribution in [0, 0.1) is 13.8 Å². The Morgan fingerprint density at radius 2 is 1.93 bits per heavy atom. The standard InChI is InChI=1S/C20H19Cl2N3O2/c1-12-19(20(26)23-17-10-15(21)8-9-18(17)27-3)13(2)25(24-12)11-14-6-4-5-7-16(14)22/h4-10H,11H2,1-3H3,(H,23,26). The molecular weight excluding hydrogens is 385 g/mol. The smallest absolute Gasteiger partial charge is 0.259 e. The molecule has 0 fully saturated rings. The summed E-state index contributed by atoms with van der Waals surface area (Å²) < 4.78 is 7.06. The SMILES string of the molecule is COc1ccc(Cl)cc1NC(=O)c1c(C)nn(Cc2ccccc2Cl)c1C. The van der Waals surface area contributed by atoms with Crippen LogP contribution in [-0.4, -0.2) is 22.8 Å². The first-order valence-corrected chi connectivity index (χ1v) is 9.08.